The van der Waals surface area contributed by atoms with E-state index in [9.17, 15) is 13.6 Å². The van der Waals surface area contributed by atoms with Gasteiger partial charge in [0.15, 0.2) is 0 Å². The summed E-state index contributed by atoms with van der Waals surface area (Å²) in [5, 5.41) is 9.16. The molecule has 3 nitrogen and oxygen atoms in total. The number of hydrogen-bond acceptors (Lipinski definition) is 2. The standard InChI is InChI=1S/C12H12F2O3/c1-17-9-3-2-7(10(13)14)6-8(9)12(4-5-12)11(15)16/h2-3,6,10H,4-5H2,1H3,(H,15,16). The van der Waals surface area contributed by atoms with Gasteiger partial charge < -0.3 is 9.84 Å². The summed E-state index contributed by atoms with van der Waals surface area (Å²) in [5.41, 5.74) is -0.852. The van der Waals surface area contributed by atoms with Crippen LogP contribution < -0.4 is 4.74 Å². The third-order valence-electron chi connectivity index (χ3n) is 3.15. The van der Waals surface area contributed by atoms with Crippen molar-refractivity contribution in [2.45, 2.75) is 24.7 Å². The minimum absolute atomic E-state index is 0.173. The number of benzene rings is 1. The number of alkyl halides is 2. The average molecular weight is 242 g/mol. The van der Waals surface area contributed by atoms with Gasteiger partial charge in [0.05, 0.1) is 12.5 Å². The molecular formula is C12H12F2O3. The van der Waals surface area contributed by atoms with Crippen LogP contribution in [0.4, 0.5) is 8.78 Å². The molecule has 0 unspecified atom stereocenters. The smallest absolute Gasteiger partial charge is 0.314 e. The Morgan fingerprint density at radius 1 is 1.47 bits per heavy atom. The van der Waals surface area contributed by atoms with Crippen molar-refractivity contribution in [1.29, 1.82) is 0 Å². The fourth-order valence-corrected chi connectivity index (χ4v) is 1.96. The number of carbonyl (C=O) groups is 1. The molecule has 1 fully saturated rings. The zero-order valence-corrected chi connectivity index (χ0v) is 9.24. The van der Waals surface area contributed by atoms with Gasteiger partial charge in [-0.2, -0.15) is 0 Å². The van der Waals surface area contributed by atoms with Gasteiger partial charge in [0.1, 0.15) is 5.75 Å². The van der Waals surface area contributed by atoms with Gasteiger partial charge in [0, 0.05) is 11.1 Å². The summed E-state index contributed by atoms with van der Waals surface area (Å²) in [5.74, 6) is -0.628. The maximum Gasteiger partial charge on any atom is 0.314 e. The average Bonchev–Trinajstić information content (AvgIpc) is 3.09. The zero-order valence-electron chi connectivity index (χ0n) is 9.24. The molecule has 0 spiro atoms. The summed E-state index contributed by atoms with van der Waals surface area (Å²) < 4.78 is 30.3. The van der Waals surface area contributed by atoms with E-state index in [0.29, 0.717) is 24.2 Å². The minimum atomic E-state index is -2.61. The van der Waals surface area contributed by atoms with Crippen LogP contribution >= 0.6 is 0 Å². The van der Waals surface area contributed by atoms with E-state index in [-0.39, 0.29) is 5.56 Å². The van der Waals surface area contributed by atoms with E-state index in [2.05, 4.69) is 0 Å². The van der Waals surface area contributed by atoms with Crippen molar-refractivity contribution >= 4 is 5.97 Å². The maximum atomic E-state index is 12.6. The molecule has 0 aromatic heterocycles. The van der Waals surface area contributed by atoms with E-state index in [0.717, 1.165) is 0 Å². The molecule has 0 saturated heterocycles. The molecule has 5 heteroatoms. The van der Waals surface area contributed by atoms with E-state index >= 15 is 0 Å². The van der Waals surface area contributed by atoms with Gasteiger partial charge in [-0.1, -0.05) is 0 Å². The molecule has 17 heavy (non-hydrogen) atoms. The molecule has 0 heterocycles. The van der Waals surface area contributed by atoms with E-state index in [1.807, 2.05) is 0 Å². The summed E-state index contributed by atoms with van der Waals surface area (Å²) in [4.78, 5) is 11.2. The van der Waals surface area contributed by atoms with Crippen molar-refractivity contribution in [2.75, 3.05) is 7.11 Å². The van der Waals surface area contributed by atoms with Crippen LogP contribution in [0.25, 0.3) is 0 Å². The number of rotatable bonds is 4. The van der Waals surface area contributed by atoms with Crippen molar-refractivity contribution < 1.29 is 23.4 Å². The number of ether oxygens (including phenoxy) is 1. The number of aliphatic carboxylic acids is 1. The van der Waals surface area contributed by atoms with Crippen LogP contribution in [0.3, 0.4) is 0 Å². The predicted molar refractivity (Wildman–Crippen MR) is 56.5 cm³/mol. The minimum Gasteiger partial charge on any atom is -0.496 e. The van der Waals surface area contributed by atoms with Gasteiger partial charge in [-0.25, -0.2) is 8.78 Å². The van der Waals surface area contributed by atoms with Crippen molar-refractivity contribution in [2.24, 2.45) is 0 Å². The van der Waals surface area contributed by atoms with Gasteiger partial charge >= 0.3 is 5.97 Å². The van der Waals surface area contributed by atoms with E-state index < -0.39 is 17.8 Å². The van der Waals surface area contributed by atoms with Crippen LogP contribution in [0.2, 0.25) is 0 Å². The fourth-order valence-electron chi connectivity index (χ4n) is 1.96. The van der Waals surface area contributed by atoms with Gasteiger partial charge in [0.25, 0.3) is 6.43 Å². The normalized spacial score (nSPS) is 16.9. The van der Waals surface area contributed by atoms with Crippen molar-refractivity contribution in [3.05, 3.63) is 29.3 Å². The zero-order chi connectivity index (χ0) is 12.6. The van der Waals surface area contributed by atoms with E-state index in [1.54, 1.807) is 0 Å². The molecule has 0 aliphatic heterocycles. The Balaban J connectivity index is 2.50. The van der Waals surface area contributed by atoms with Crippen LogP contribution in [-0.2, 0) is 10.2 Å². The molecule has 0 amide bonds. The Morgan fingerprint density at radius 3 is 2.53 bits per heavy atom. The lowest BCUT2D eigenvalue weighted by Crippen LogP contribution is -2.20. The SMILES string of the molecule is COc1ccc(C(F)F)cc1C1(C(=O)O)CC1. The molecule has 2 rings (SSSR count). The van der Waals surface area contributed by atoms with Crippen LogP contribution in [0.15, 0.2) is 18.2 Å². The van der Waals surface area contributed by atoms with Gasteiger partial charge in [0.2, 0.25) is 0 Å². The third kappa shape index (κ3) is 1.85. The van der Waals surface area contributed by atoms with Crippen LogP contribution in [-0.4, -0.2) is 18.2 Å². The van der Waals surface area contributed by atoms with Crippen LogP contribution in [0.5, 0.6) is 5.75 Å². The van der Waals surface area contributed by atoms with Gasteiger partial charge in [-0.15, -0.1) is 0 Å². The molecule has 1 aromatic rings. The Hall–Kier alpha value is -1.65. The van der Waals surface area contributed by atoms with Gasteiger partial charge in [-0.3, -0.25) is 4.79 Å². The van der Waals surface area contributed by atoms with Crippen molar-refractivity contribution in [3.8, 4) is 5.75 Å². The summed E-state index contributed by atoms with van der Waals surface area (Å²) in [6.07, 6.45) is -1.68. The second-order valence-corrected chi connectivity index (χ2v) is 4.15. The highest BCUT2D eigenvalue weighted by atomic mass is 19.3. The topological polar surface area (TPSA) is 46.5 Å². The lowest BCUT2D eigenvalue weighted by Gasteiger charge is -2.16. The van der Waals surface area contributed by atoms with Crippen molar-refractivity contribution in [3.63, 3.8) is 0 Å². The van der Waals surface area contributed by atoms with Crippen LogP contribution in [0.1, 0.15) is 30.4 Å². The first-order valence-corrected chi connectivity index (χ1v) is 5.21. The van der Waals surface area contributed by atoms with Crippen LogP contribution in [0, 0.1) is 0 Å². The molecule has 1 saturated carbocycles. The number of carboxylic acid groups (broad SMARTS) is 1. The second kappa shape index (κ2) is 3.98. The highest BCUT2D eigenvalue weighted by Gasteiger charge is 2.53. The molecule has 0 radical (unpaired) electrons. The molecule has 1 aromatic carbocycles. The summed E-state index contributed by atoms with van der Waals surface area (Å²) in [6.45, 7) is 0. The first-order chi connectivity index (χ1) is 8.01. The predicted octanol–water partition coefficient (Wildman–Crippen LogP) is 2.75. The monoisotopic (exact) mass is 242 g/mol. The Labute approximate surface area is 97.0 Å². The largest absolute Gasteiger partial charge is 0.496 e. The lowest BCUT2D eigenvalue weighted by atomic mass is 9.93. The lowest BCUT2D eigenvalue weighted by molar-refractivity contribution is -0.140. The maximum absolute atomic E-state index is 12.6. The Kier molecular flexibility index (Phi) is 2.77. The van der Waals surface area contributed by atoms with E-state index in [1.165, 1.54) is 25.3 Å². The van der Waals surface area contributed by atoms with E-state index in [4.69, 9.17) is 9.84 Å². The molecular weight excluding hydrogens is 230 g/mol. The highest BCUT2D eigenvalue weighted by molar-refractivity contribution is 5.86. The Bertz CT molecular complexity index is 453. The molecule has 92 valence electrons. The summed E-state index contributed by atoms with van der Waals surface area (Å²) in [7, 11) is 1.40. The first-order valence-electron chi connectivity index (χ1n) is 5.21. The summed E-state index contributed by atoms with van der Waals surface area (Å²) >= 11 is 0. The first kappa shape index (κ1) is 11.8. The highest BCUT2D eigenvalue weighted by Crippen LogP contribution is 2.52. The molecule has 0 bridgehead atoms. The molecule has 1 aliphatic carbocycles. The summed E-state index contributed by atoms with van der Waals surface area (Å²) in [6, 6.07) is 3.90. The molecule has 0 atom stereocenters. The number of halogens is 2. The quantitative estimate of drug-likeness (QED) is 0.883. The number of methoxy groups -OCH3 is 1. The van der Waals surface area contributed by atoms with Crippen molar-refractivity contribution in [1.82, 2.24) is 0 Å². The number of hydrogen-bond donors (Lipinski definition) is 1. The second-order valence-electron chi connectivity index (χ2n) is 4.15. The molecule has 1 aliphatic rings. The molecule has 1 N–H and O–H groups in total. The number of carboxylic acids is 1. The van der Waals surface area contributed by atoms with Gasteiger partial charge in [-0.05, 0) is 31.0 Å². The third-order valence-corrected chi connectivity index (χ3v) is 3.15. The fraction of sp³-hybridized carbons (Fsp3) is 0.417. The Morgan fingerprint density at radius 2 is 2.12 bits per heavy atom.